The first kappa shape index (κ1) is 5.02. The zero-order chi connectivity index (χ0) is 3.41. The zero-order valence-electron chi connectivity index (χ0n) is 2.17. The van der Waals surface area contributed by atoms with Crippen molar-refractivity contribution >= 4 is 37.8 Å². The first-order chi connectivity index (χ1) is 1.91. The molecule has 24 valence electrons. The molecule has 3 heteroatoms. The van der Waals surface area contributed by atoms with E-state index < -0.39 is 0 Å². The van der Waals surface area contributed by atoms with Crippen molar-refractivity contribution in [2.75, 3.05) is 5.23 Å². The van der Waals surface area contributed by atoms with E-state index in [0.717, 1.165) is 11.3 Å². The molecule has 0 nitrogen and oxygen atoms in total. The van der Waals surface area contributed by atoms with Crippen LogP contribution in [-0.4, -0.2) is 11.3 Å². The molecule has 0 radical (unpaired) electrons. The van der Waals surface area contributed by atoms with Crippen molar-refractivity contribution in [3.05, 3.63) is 0 Å². The largest absolute Gasteiger partial charge is 0.215 e. The molecule has 0 spiro atoms. The lowest BCUT2D eigenvalue weighted by molar-refractivity contribution is 2.30. The quantitative estimate of drug-likeness (QED) is 0.424. The summed E-state index contributed by atoms with van der Waals surface area (Å²) in [6.07, 6.45) is 1.05. The van der Waals surface area contributed by atoms with Crippen molar-refractivity contribution in [2.24, 2.45) is 0 Å². The van der Waals surface area contributed by atoms with Crippen LogP contribution in [0.15, 0.2) is 0 Å². The summed E-state index contributed by atoms with van der Waals surface area (Å²) in [6, 6.07) is 0. The van der Waals surface area contributed by atoms with E-state index in [4.69, 9.17) is 0 Å². The van der Waals surface area contributed by atoms with Gasteiger partial charge in [-0.2, -0.15) is 15.8 Å². The van der Waals surface area contributed by atoms with Crippen molar-refractivity contribution in [2.45, 2.75) is 0 Å². The first-order valence-corrected chi connectivity index (χ1v) is 3.28. The molecule has 0 N–H and O–H groups in total. The van der Waals surface area contributed by atoms with Gasteiger partial charge in [0.05, 0.1) is 0 Å². The van der Waals surface area contributed by atoms with Crippen LogP contribution in [0.5, 0.6) is 0 Å². The molecule has 0 rings (SSSR count). The Kier molecular flexibility index (Phi) is 5.06. The lowest BCUT2D eigenvalue weighted by Crippen LogP contribution is -1.69. The van der Waals surface area contributed by atoms with Crippen LogP contribution in [0.25, 0.3) is 0 Å². The third kappa shape index (κ3) is 3.02. The van der Waals surface area contributed by atoms with Gasteiger partial charge in [-0.1, -0.05) is 0 Å². The van der Waals surface area contributed by atoms with E-state index in [1.165, 1.54) is 0 Å². The molecule has 0 unspecified atom stereocenters. The summed E-state index contributed by atoms with van der Waals surface area (Å²) in [5.74, 6) is 0. The maximum absolute atomic E-state index is 3.20. The Morgan fingerprint density at radius 3 is 2.00 bits per heavy atom. The Morgan fingerprint density at radius 2 is 2.00 bits per heavy atom. The van der Waals surface area contributed by atoms with Gasteiger partial charge in [0.25, 0.3) is 0 Å². The highest BCUT2D eigenvalue weighted by Gasteiger charge is 1.67. The van der Waals surface area contributed by atoms with Crippen molar-refractivity contribution in [1.29, 1.82) is 0 Å². The van der Waals surface area contributed by atoms with Crippen molar-refractivity contribution < 1.29 is 0 Å². The van der Waals surface area contributed by atoms with Gasteiger partial charge in [0, 0.05) is 0 Å². The molecule has 0 heterocycles. The molecule has 0 bridgehead atoms. The third-order valence-electron chi connectivity index (χ3n) is 0.0714. The summed E-state index contributed by atoms with van der Waals surface area (Å²) in [5, 5.41) is 1.05. The minimum atomic E-state index is 1.05. The summed E-state index contributed by atoms with van der Waals surface area (Å²) in [4.78, 5) is 0. The number of alkyl halides is 1. The molecule has 0 aliphatic heterocycles. The Balaban J connectivity index is 1.97. The highest BCUT2D eigenvalue weighted by Crippen LogP contribution is 1.78. The second-order valence-corrected chi connectivity index (χ2v) is 1.96. The van der Waals surface area contributed by atoms with Gasteiger partial charge in [-0.25, -0.2) is 0 Å². The van der Waals surface area contributed by atoms with E-state index in [1.54, 1.807) is 0 Å². The highest BCUT2D eigenvalue weighted by molar-refractivity contribution is 9.24. The van der Waals surface area contributed by atoms with Gasteiger partial charge in [-0.05, 0) is 5.23 Å². The second kappa shape index (κ2) is 4.02. The maximum Gasteiger partial charge on any atom is 0.215 e. The van der Waals surface area contributed by atoms with E-state index in [9.17, 15) is 0 Å². The van der Waals surface area contributed by atoms with Crippen LogP contribution < -0.4 is 0 Å². The van der Waals surface area contributed by atoms with Gasteiger partial charge in [0.1, 0.15) is 0 Å². The highest BCUT2D eigenvalue weighted by atomic mass is 79.9. The summed E-state index contributed by atoms with van der Waals surface area (Å²) >= 11 is 6.40. The van der Waals surface area contributed by atoms with Crippen LogP contribution in [0.3, 0.4) is 0 Å². The second-order valence-electron chi connectivity index (χ2n) is 0.378. The Bertz CT molecular complexity index is 8.00. The molecule has 4 heavy (non-hydrogen) atoms. The molecule has 0 amide bonds. The Hall–Kier alpha value is 1.02. The fourth-order valence-corrected chi connectivity index (χ4v) is 0. The molecule has 0 atom stereocenters. The van der Waals surface area contributed by atoms with Gasteiger partial charge < -0.3 is 0 Å². The fraction of sp³-hybridized carbons (Fsp3) is 1.00. The predicted octanol–water partition coefficient (Wildman–Crippen LogP) is 1.09. The molecule has 0 saturated carbocycles. The van der Waals surface area contributed by atoms with Crippen LogP contribution in [-0.2, 0) is 0 Å². The van der Waals surface area contributed by atoms with E-state index in [1.807, 2.05) is 0 Å². The van der Waals surface area contributed by atoms with Crippen LogP contribution in [0.1, 0.15) is 0 Å². The Morgan fingerprint density at radius 1 is 1.75 bits per heavy atom. The standard InChI is InChI=1S/CH3BBr2/c3-1-2-4/h2H,1H2. The number of hydrogen-bond donors (Lipinski definition) is 0. The fourth-order valence-electron chi connectivity index (χ4n) is 0. The van der Waals surface area contributed by atoms with Gasteiger partial charge in [-0.3, -0.25) is 0 Å². The van der Waals surface area contributed by atoms with Gasteiger partial charge >= 0.3 is 0 Å². The third-order valence-corrected chi connectivity index (χ3v) is 1.93. The minimum Gasteiger partial charge on any atom is -0.161 e. The van der Waals surface area contributed by atoms with Crippen LogP contribution in [0, 0.1) is 0 Å². The maximum atomic E-state index is 3.20. The number of hydrogen-bond acceptors (Lipinski definition) is 0. The number of halogens is 2. The summed E-state index contributed by atoms with van der Waals surface area (Å²) in [5.41, 5.74) is 0. The molecule has 0 aliphatic carbocycles. The first-order valence-electron chi connectivity index (χ1n) is 1.03. The smallest absolute Gasteiger partial charge is 0.161 e. The summed E-state index contributed by atoms with van der Waals surface area (Å²) in [7, 11) is 0. The van der Waals surface area contributed by atoms with Crippen molar-refractivity contribution in [3.63, 3.8) is 0 Å². The average molecular weight is 186 g/mol. The zero-order valence-corrected chi connectivity index (χ0v) is 5.34. The van der Waals surface area contributed by atoms with E-state index in [-0.39, 0.29) is 0 Å². The van der Waals surface area contributed by atoms with E-state index in [2.05, 4.69) is 31.7 Å². The van der Waals surface area contributed by atoms with Crippen LogP contribution >= 0.6 is 31.7 Å². The predicted molar refractivity (Wildman–Crippen MR) is 29.9 cm³/mol. The van der Waals surface area contributed by atoms with Crippen LogP contribution in [0.2, 0.25) is 0 Å². The van der Waals surface area contributed by atoms with Crippen molar-refractivity contribution in [3.8, 4) is 0 Å². The lowest BCUT2D eigenvalue weighted by atomic mass is 10.2. The van der Waals surface area contributed by atoms with E-state index >= 15 is 0 Å². The molecule has 0 aliphatic rings. The SMILES string of the molecule is BrBCBr. The summed E-state index contributed by atoms with van der Waals surface area (Å²) in [6.45, 7) is 0. The van der Waals surface area contributed by atoms with Gasteiger partial charge in [-0.15, -0.1) is 15.9 Å². The van der Waals surface area contributed by atoms with E-state index in [0.29, 0.717) is 0 Å². The van der Waals surface area contributed by atoms with Gasteiger partial charge in [0.2, 0.25) is 6.10 Å². The number of rotatable bonds is 1. The Labute approximate surface area is 43.3 Å². The molecule has 0 fully saturated rings. The molecular weight excluding hydrogens is 183 g/mol. The van der Waals surface area contributed by atoms with Crippen molar-refractivity contribution in [1.82, 2.24) is 0 Å². The normalized spacial score (nSPS) is 6.50. The van der Waals surface area contributed by atoms with Crippen LogP contribution in [0.4, 0.5) is 0 Å². The molecule has 0 aromatic carbocycles. The summed E-state index contributed by atoms with van der Waals surface area (Å²) < 4.78 is 0. The topological polar surface area (TPSA) is 0 Å². The average Bonchev–Trinajstić information content (AvgIpc) is 1.37. The minimum absolute atomic E-state index is 1.05. The lowest BCUT2D eigenvalue weighted by Gasteiger charge is -1.59. The molecule has 0 aromatic rings. The monoisotopic (exact) mass is 184 g/mol. The van der Waals surface area contributed by atoms with Gasteiger partial charge in [0.15, 0.2) is 0 Å². The molecular formula is CH3BBr2. The molecule has 0 saturated heterocycles. The molecule has 0 aromatic heterocycles.